The van der Waals surface area contributed by atoms with Crippen LogP contribution in [0, 0.1) is 13.8 Å². The van der Waals surface area contributed by atoms with Crippen LogP contribution in [-0.2, 0) is 6.18 Å². The second kappa shape index (κ2) is 7.97. The van der Waals surface area contributed by atoms with Gasteiger partial charge < -0.3 is 9.64 Å². The van der Waals surface area contributed by atoms with Crippen LogP contribution in [0.25, 0.3) is 11.3 Å². The van der Waals surface area contributed by atoms with Gasteiger partial charge in [0.1, 0.15) is 6.10 Å². The molecule has 0 saturated carbocycles. The monoisotopic (exact) mass is 413 g/mol. The largest absolute Gasteiger partial charge is 0.472 e. The van der Waals surface area contributed by atoms with Gasteiger partial charge in [-0.05, 0) is 49.2 Å². The van der Waals surface area contributed by atoms with E-state index in [4.69, 9.17) is 4.74 Å². The van der Waals surface area contributed by atoms with Gasteiger partial charge in [-0.3, -0.25) is 4.98 Å². The Morgan fingerprint density at radius 3 is 2.53 bits per heavy atom. The van der Waals surface area contributed by atoms with Crippen molar-refractivity contribution in [1.82, 2.24) is 9.97 Å². The quantitative estimate of drug-likeness (QED) is 0.571. The topological polar surface area (TPSA) is 38.2 Å². The van der Waals surface area contributed by atoms with Crippen molar-refractivity contribution in [2.24, 2.45) is 0 Å². The third kappa shape index (κ3) is 4.25. The van der Waals surface area contributed by atoms with Gasteiger partial charge in [0.05, 0.1) is 17.8 Å². The number of pyridine rings is 2. The highest BCUT2D eigenvalue weighted by Gasteiger charge is 2.31. The molecule has 1 fully saturated rings. The first kappa shape index (κ1) is 20.2. The van der Waals surface area contributed by atoms with Gasteiger partial charge in [-0.25, -0.2) is 4.98 Å². The molecule has 2 aromatic heterocycles. The Morgan fingerprint density at radius 2 is 1.87 bits per heavy atom. The first-order valence-electron chi connectivity index (χ1n) is 9.79. The summed E-state index contributed by atoms with van der Waals surface area (Å²) in [6, 6.07) is 12.6. The summed E-state index contributed by atoms with van der Waals surface area (Å²) in [5.41, 5.74) is 4.67. The molecule has 0 N–H and O–H groups in total. The molecular formula is C23H22F3N3O. The molecule has 1 aromatic carbocycles. The van der Waals surface area contributed by atoms with Gasteiger partial charge in [0.15, 0.2) is 0 Å². The van der Waals surface area contributed by atoms with Crippen LogP contribution in [-0.4, -0.2) is 29.2 Å². The number of anilines is 1. The zero-order chi connectivity index (χ0) is 21.3. The van der Waals surface area contributed by atoms with Crippen LogP contribution in [0.4, 0.5) is 18.9 Å². The second-order valence-electron chi connectivity index (χ2n) is 7.53. The number of nitrogens with zero attached hydrogens (tertiary/aromatic N) is 3. The van der Waals surface area contributed by atoms with Crippen molar-refractivity contribution in [2.75, 3.05) is 18.0 Å². The van der Waals surface area contributed by atoms with Crippen LogP contribution in [0.5, 0.6) is 5.88 Å². The highest BCUT2D eigenvalue weighted by atomic mass is 19.4. The molecule has 0 aliphatic carbocycles. The first-order valence-corrected chi connectivity index (χ1v) is 9.79. The third-order valence-electron chi connectivity index (χ3n) is 5.32. The first-order chi connectivity index (χ1) is 14.3. The summed E-state index contributed by atoms with van der Waals surface area (Å²) in [6.07, 6.45) is -1.13. The Kier molecular flexibility index (Phi) is 5.37. The maximum absolute atomic E-state index is 12.7. The highest BCUT2D eigenvalue weighted by molar-refractivity contribution is 5.68. The van der Waals surface area contributed by atoms with Crippen molar-refractivity contribution in [3.05, 3.63) is 71.5 Å². The summed E-state index contributed by atoms with van der Waals surface area (Å²) in [5.74, 6) is 0.215. The maximum Gasteiger partial charge on any atom is 0.417 e. The fourth-order valence-electron chi connectivity index (χ4n) is 3.78. The van der Waals surface area contributed by atoms with E-state index in [1.807, 2.05) is 19.1 Å². The van der Waals surface area contributed by atoms with Crippen molar-refractivity contribution in [3.8, 4) is 17.1 Å². The lowest BCUT2D eigenvalue weighted by molar-refractivity contribution is -0.137. The molecule has 7 heteroatoms. The lowest BCUT2D eigenvalue weighted by Gasteiger charge is -2.22. The molecule has 4 rings (SSSR count). The Labute approximate surface area is 173 Å². The fourth-order valence-corrected chi connectivity index (χ4v) is 3.78. The number of aromatic nitrogens is 2. The zero-order valence-corrected chi connectivity index (χ0v) is 16.8. The number of hydrogen-bond acceptors (Lipinski definition) is 4. The minimum atomic E-state index is -4.40. The molecular weight excluding hydrogens is 391 g/mol. The lowest BCUT2D eigenvalue weighted by Crippen LogP contribution is -2.25. The van der Waals surface area contributed by atoms with E-state index in [0.717, 1.165) is 53.3 Å². The van der Waals surface area contributed by atoms with Gasteiger partial charge in [0.25, 0.3) is 0 Å². The molecule has 3 heterocycles. The van der Waals surface area contributed by atoms with Crippen molar-refractivity contribution in [2.45, 2.75) is 32.5 Å². The summed E-state index contributed by atoms with van der Waals surface area (Å²) < 4.78 is 43.8. The molecule has 1 aliphatic rings. The van der Waals surface area contributed by atoms with Gasteiger partial charge in [-0.2, -0.15) is 13.2 Å². The van der Waals surface area contributed by atoms with E-state index >= 15 is 0 Å². The molecule has 3 aromatic rings. The molecule has 4 nitrogen and oxygen atoms in total. The van der Waals surface area contributed by atoms with Crippen LogP contribution in [0.15, 0.2) is 54.9 Å². The van der Waals surface area contributed by atoms with Crippen LogP contribution < -0.4 is 9.64 Å². The van der Waals surface area contributed by atoms with Gasteiger partial charge >= 0.3 is 6.18 Å². The lowest BCUT2D eigenvalue weighted by atomic mass is 10.0. The molecule has 1 atom stereocenters. The molecule has 1 saturated heterocycles. The number of hydrogen-bond donors (Lipinski definition) is 0. The van der Waals surface area contributed by atoms with Crippen molar-refractivity contribution < 1.29 is 17.9 Å². The van der Waals surface area contributed by atoms with Crippen molar-refractivity contribution in [1.29, 1.82) is 0 Å². The van der Waals surface area contributed by atoms with Gasteiger partial charge in [0.2, 0.25) is 5.88 Å². The number of ether oxygens (including phenoxy) is 1. The normalized spacial score (nSPS) is 16.7. The number of rotatable bonds is 4. The van der Waals surface area contributed by atoms with E-state index in [0.29, 0.717) is 6.54 Å². The molecule has 1 aliphatic heterocycles. The Hall–Kier alpha value is -3.09. The molecule has 0 bridgehead atoms. The minimum absolute atomic E-state index is 0.119. The number of aryl methyl sites for hydroxylation is 2. The van der Waals surface area contributed by atoms with E-state index < -0.39 is 11.7 Å². The summed E-state index contributed by atoms with van der Waals surface area (Å²) in [5, 5.41) is 0. The minimum Gasteiger partial charge on any atom is -0.472 e. The molecule has 1 unspecified atom stereocenters. The second-order valence-corrected chi connectivity index (χ2v) is 7.53. The smallest absolute Gasteiger partial charge is 0.417 e. The SMILES string of the molecule is Cc1cc(-c2ncccc2C)ccc1N1CCC(Oc2ccc(C(F)(F)F)cn2)C1. The molecule has 0 radical (unpaired) electrons. The average molecular weight is 413 g/mol. The van der Waals surface area contributed by atoms with E-state index in [9.17, 15) is 13.2 Å². The maximum atomic E-state index is 12.7. The van der Waals surface area contributed by atoms with E-state index in [1.165, 1.54) is 6.07 Å². The molecule has 0 amide bonds. The van der Waals surface area contributed by atoms with Gasteiger partial charge in [-0.1, -0.05) is 12.1 Å². The van der Waals surface area contributed by atoms with Crippen LogP contribution in [0.2, 0.25) is 0 Å². The Bertz CT molecular complexity index is 1030. The molecule has 156 valence electrons. The van der Waals surface area contributed by atoms with E-state index in [-0.39, 0.29) is 12.0 Å². The predicted molar refractivity (Wildman–Crippen MR) is 110 cm³/mol. The van der Waals surface area contributed by atoms with Gasteiger partial charge in [0, 0.05) is 42.7 Å². The van der Waals surface area contributed by atoms with Crippen LogP contribution >= 0.6 is 0 Å². The summed E-state index contributed by atoms with van der Waals surface area (Å²) in [4.78, 5) is 10.5. The standard InChI is InChI=1S/C23H22F3N3O/c1-15-4-3-10-27-22(15)17-5-7-20(16(2)12-17)29-11-9-19(14-29)30-21-8-6-18(13-28-21)23(24,25)26/h3-8,10,12-13,19H,9,11,14H2,1-2H3. The highest BCUT2D eigenvalue weighted by Crippen LogP contribution is 2.32. The predicted octanol–water partition coefficient (Wildman–Crippen LogP) is 5.44. The van der Waals surface area contributed by atoms with Gasteiger partial charge in [-0.15, -0.1) is 0 Å². The van der Waals surface area contributed by atoms with Crippen LogP contribution in [0.1, 0.15) is 23.1 Å². The van der Waals surface area contributed by atoms with Crippen molar-refractivity contribution >= 4 is 5.69 Å². The zero-order valence-electron chi connectivity index (χ0n) is 16.8. The van der Waals surface area contributed by atoms with E-state index in [2.05, 4.69) is 40.0 Å². The van der Waals surface area contributed by atoms with Crippen LogP contribution in [0.3, 0.4) is 0 Å². The summed E-state index contributed by atoms with van der Waals surface area (Å²) >= 11 is 0. The Morgan fingerprint density at radius 1 is 1.03 bits per heavy atom. The van der Waals surface area contributed by atoms with E-state index in [1.54, 1.807) is 6.20 Å². The number of alkyl halides is 3. The molecule has 0 spiro atoms. The van der Waals surface area contributed by atoms with Crippen molar-refractivity contribution in [3.63, 3.8) is 0 Å². The number of halogens is 3. The third-order valence-corrected chi connectivity index (χ3v) is 5.32. The fraction of sp³-hybridized carbons (Fsp3) is 0.304. The summed E-state index contributed by atoms with van der Waals surface area (Å²) in [6.45, 7) is 5.59. The summed E-state index contributed by atoms with van der Waals surface area (Å²) in [7, 11) is 0. The average Bonchev–Trinajstić information content (AvgIpc) is 3.16. The molecule has 30 heavy (non-hydrogen) atoms. The Balaban J connectivity index is 1.44. The number of benzene rings is 1.